The number of carbonyl (C=O) groups is 2. The molecule has 2 aliphatic heterocycles. The highest BCUT2D eigenvalue weighted by Gasteiger charge is 2.42. The molecule has 1 aromatic carbocycles. The van der Waals surface area contributed by atoms with Gasteiger partial charge in [0.25, 0.3) is 5.56 Å². The number of aromatic carboxylic acids is 1. The molecule has 0 spiro atoms. The van der Waals surface area contributed by atoms with E-state index in [-0.39, 0.29) is 33.7 Å². The van der Waals surface area contributed by atoms with Crippen molar-refractivity contribution in [3.8, 4) is 11.1 Å². The third-order valence-electron chi connectivity index (χ3n) is 9.95. The number of carbonyl (C=O) groups excluding carboxylic acids is 1. The highest BCUT2D eigenvalue weighted by atomic mass is 31.2. The molecule has 0 saturated carbocycles. The minimum Gasteiger partial charge on any atom is -0.477 e. The minimum atomic E-state index is -4.25. The molecule has 2 saturated heterocycles. The zero-order valence-corrected chi connectivity index (χ0v) is 33.8. The van der Waals surface area contributed by atoms with E-state index in [1.54, 1.807) is 59.9 Å². The van der Waals surface area contributed by atoms with Crippen LogP contribution in [0.1, 0.15) is 58.3 Å². The maximum atomic E-state index is 16.4. The maximum absolute atomic E-state index is 16.4. The van der Waals surface area contributed by atoms with E-state index in [4.69, 9.17) is 18.3 Å². The van der Waals surface area contributed by atoms with Gasteiger partial charge in [-0.3, -0.25) is 23.1 Å². The molecule has 15 nitrogen and oxygen atoms in total. The van der Waals surface area contributed by atoms with Crippen molar-refractivity contribution < 1.29 is 46.3 Å². The molecular formula is C39H45F2N6O9P. The second-order valence-electron chi connectivity index (χ2n) is 16.5. The fourth-order valence-corrected chi connectivity index (χ4v) is 9.41. The molecular weight excluding hydrogens is 765 g/mol. The van der Waals surface area contributed by atoms with Crippen LogP contribution in [0, 0.1) is 17.6 Å². The zero-order valence-electron chi connectivity index (χ0n) is 32.9. The number of aromatic amines is 1. The van der Waals surface area contributed by atoms with Crippen LogP contribution in [-0.2, 0) is 22.9 Å². The van der Waals surface area contributed by atoms with E-state index in [1.165, 1.54) is 29.8 Å². The smallest absolute Gasteiger partial charge is 0.477 e. The van der Waals surface area contributed by atoms with Gasteiger partial charge < -0.3 is 24.6 Å². The molecule has 18 heteroatoms. The van der Waals surface area contributed by atoms with E-state index in [9.17, 15) is 24.1 Å². The largest absolute Gasteiger partial charge is 0.478 e. The standard InChI is InChI=1S/C39H45F2N6O9P/c1-38(2,3)55-57(52,56-39(4,5)6)54-20-53-37(51)45(8)27-15-26(40)31(41)29-30-33(46-14-13-22-17-44(7)19-28(22)46)25(16-42-34(30)43-32(27)29)21-9-10-23-11-12-24(36(49)50)35(48)47(23)18-21/h9-12,15-16,18,22,28H,13-14,17,19-20H2,1-8H3,(H,42,43)(H,49,50)/t22-,28+/m0/s1. The van der Waals surface area contributed by atoms with Gasteiger partial charge in [-0.25, -0.2) is 32.4 Å². The SMILES string of the molecule is CN1C[C@@H]2CCN(c3c(-c4ccc5ccc(C(=O)O)c(=O)n5c4)cnc4[nH]c5c(N(C)C(=O)OCOP(=O)(OC(C)(C)C)OC(C)(C)C)cc(F)c(F)c5c34)[C@@H]2C1. The number of amides is 1. The third-order valence-corrected chi connectivity index (χ3v) is 11.9. The van der Waals surface area contributed by atoms with Crippen LogP contribution in [-0.4, -0.2) is 94.2 Å². The normalized spacial score (nSPS) is 17.9. The molecule has 5 aromatic rings. The molecule has 4 aromatic heterocycles. The van der Waals surface area contributed by atoms with Gasteiger partial charge >= 0.3 is 19.9 Å². The topological polar surface area (TPSA) is 168 Å². The number of aromatic nitrogens is 3. The van der Waals surface area contributed by atoms with Gasteiger partial charge in [-0.1, -0.05) is 6.07 Å². The lowest BCUT2D eigenvalue weighted by molar-refractivity contribution is -0.0275. The van der Waals surface area contributed by atoms with Gasteiger partial charge in [0.1, 0.15) is 11.2 Å². The number of carboxylic acid groups (broad SMARTS) is 1. The first-order valence-electron chi connectivity index (χ1n) is 18.4. The van der Waals surface area contributed by atoms with E-state index >= 15 is 8.78 Å². The Morgan fingerprint density at radius 1 is 1.05 bits per heavy atom. The van der Waals surface area contributed by atoms with E-state index in [1.807, 2.05) is 7.05 Å². The van der Waals surface area contributed by atoms with Crippen molar-refractivity contribution in [2.24, 2.45) is 5.92 Å². The van der Waals surface area contributed by atoms with Crippen molar-refractivity contribution >= 4 is 58.7 Å². The van der Waals surface area contributed by atoms with Crippen molar-refractivity contribution in [1.82, 2.24) is 19.3 Å². The van der Waals surface area contributed by atoms with Crippen LogP contribution in [0.25, 0.3) is 38.6 Å². The van der Waals surface area contributed by atoms with Gasteiger partial charge in [-0.2, -0.15) is 0 Å². The molecule has 0 bridgehead atoms. The Bertz CT molecular complexity index is 2530. The van der Waals surface area contributed by atoms with Crippen LogP contribution in [0.3, 0.4) is 0 Å². The molecule has 0 radical (unpaired) electrons. The zero-order chi connectivity index (χ0) is 41.4. The first-order chi connectivity index (χ1) is 26.6. The number of hydrogen-bond donors (Lipinski definition) is 2. The second kappa shape index (κ2) is 14.5. The number of H-pyrrole nitrogens is 1. The molecule has 304 valence electrons. The Kier molecular flexibility index (Phi) is 10.2. The molecule has 0 aliphatic carbocycles. The van der Waals surface area contributed by atoms with Crippen LogP contribution < -0.4 is 15.4 Å². The van der Waals surface area contributed by atoms with Crippen LogP contribution in [0.15, 0.2) is 47.5 Å². The number of halogens is 2. The van der Waals surface area contributed by atoms with Crippen LogP contribution in [0.4, 0.5) is 25.0 Å². The number of carboxylic acids is 1. The van der Waals surface area contributed by atoms with E-state index < -0.39 is 60.6 Å². The number of anilines is 2. The first kappa shape index (κ1) is 40.3. The number of benzene rings is 1. The molecule has 2 N–H and O–H groups in total. The average Bonchev–Trinajstić information content (AvgIpc) is 3.79. The van der Waals surface area contributed by atoms with Gasteiger partial charge in [0.05, 0.1) is 38.9 Å². The summed E-state index contributed by atoms with van der Waals surface area (Å²) in [6, 6.07) is 7.09. The van der Waals surface area contributed by atoms with Gasteiger partial charge in [0, 0.05) is 67.8 Å². The molecule has 2 aliphatic rings. The van der Waals surface area contributed by atoms with Gasteiger partial charge in [-0.15, -0.1) is 0 Å². The summed E-state index contributed by atoms with van der Waals surface area (Å²) in [5.41, 5.74) is -0.862. The second-order valence-corrected chi connectivity index (χ2v) is 18.0. The number of nitrogens with one attached hydrogen (secondary N) is 1. The lowest BCUT2D eigenvalue weighted by atomic mass is 10.00. The summed E-state index contributed by atoms with van der Waals surface area (Å²) in [5.74, 6) is -3.49. The number of phosphoric acid groups is 1. The Hall–Kier alpha value is -4.93. The fraction of sp³-hybridized carbons (Fsp3) is 0.436. The number of pyridine rings is 3. The van der Waals surface area contributed by atoms with E-state index in [2.05, 4.69) is 19.8 Å². The lowest BCUT2D eigenvalue weighted by Crippen LogP contribution is -2.35. The molecule has 0 unspecified atom stereocenters. The van der Waals surface area contributed by atoms with Crippen molar-refractivity contribution in [3.63, 3.8) is 0 Å². The summed E-state index contributed by atoms with van der Waals surface area (Å²) in [6.45, 7) is 11.2. The van der Waals surface area contributed by atoms with Crippen LogP contribution >= 0.6 is 7.82 Å². The van der Waals surface area contributed by atoms with E-state index in [0.717, 1.165) is 23.9 Å². The number of ether oxygens (including phenoxy) is 1. The van der Waals surface area contributed by atoms with Crippen molar-refractivity contribution in [1.29, 1.82) is 0 Å². The maximum Gasteiger partial charge on any atom is 0.478 e. The lowest BCUT2D eigenvalue weighted by Gasteiger charge is -2.30. The van der Waals surface area contributed by atoms with Gasteiger partial charge in [0.15, 0.2) is 11.6 Å². The summed E-state index contributed by atoms with van der Waals surface area (Å²) in [4.78, 5) is 51.6. The van der Waals surface area contributed by atoms with Crippen molar-refractivity contribution in [2.45, 2.75) is 65.2 Å². The average molecular weight is 811 g/mol. The number of fused-ring (bicyclic) bond motifs is 5. The van der Waals surface area contributed by atoms with Crippen LogP contribution in [0.5, 0.6) is 0 Å². The van der Waals surface area contributed by atoms with Gasteiger partial charge in [-0.05, 0) is 79.1 Å². The molecule has 6 heterocycles. The highest BCUT2D eigenvalue weighted by molar-refractivity contribution is 7.48. The minimum absolute atomic E-state index is 0.0142. The molecule has 1 amide bonds. The number of likely N-dealkylation sites (tertiary alicyclic amines) is 1. The Morgan fingerprint density at radius 3 is 2.40 bits per heavy atom. The summed E-state index contributed by atoms with van der Waals surface area (Å²) in [7, 11) is -0.924. The number of likely N-dealkylation sites (N-methyl/N-ethyl adjacent to an activating group) is 1. The number of rotatable bonds is 9. The van der Waals surface area contributed by atoms with Crippen molar-refractivity contribution in [2.75, 3.05) is 50.3 Å². The summed E-state index contributed by atoms with van der Waals surface area (Å²) in [5, 5.41) is 9.72. The van der Waals surface area contributed by atoms with Crippen molar-refractivity contribution in [3.05, 3.63) is 70.3 Å². The Balaban J connectivity index is 1.34. The first-order valence-corrected chi connectivity index (χ1v) is 19.8. The summed E-state index contributed by atoms with van der Waals surface area (Å²) in [6.07, 6.45) is 2.89. The Labute approximate surface area is 326 Å². The summed E-state index contributed by atoms with van der Waals surface area (Å²) < 4.78 is 68.7. The number of phosphoric ester groups is 1. The fourth-order valence-electron chi connectivity index (χ4n) is 7.74. The predicted molar refractivity (Wildman–Crippen MR) is 210 cm³/mol. The predicted octanol–water partition coefficient (Wildman–Crippen LogP) is 7.40. The van der Waals surface area contributed by atoms with E-state index in [0.29, 0.717) is 41.3 Å². The van der Waals surface area contributed by atoms with Crippen LogP contribution in [0.2, 0.25) is 0 Å². The number of nitrogens with zero attached hydrogens (tertiary/aromatic N) is 5. The summed E-state index contributed by atoms with van der Waals surface area (Å²) >= 11 is 0. The number of hydrogen-bond acceptors (Lipinski definition) is 11. The third kappa shape index (κ3) is 7.74. The Morgan fingerprint density at radius 2 is 1.74 bits per heavy atom. The van der Waals surface area contributed by atoms with Gasteiger partial charge in [0.2, 0.25) is 6.79 Å². The molecule has 2 atom stereocenters. The highest BCUT2D eigenvalue weighted by Crippen LogP contribution is 2.55. The quantitative estimate of drug-likeness (QED) is 0.112. The molecule has 57 heavy (non-hydrogen) atoms. The molecule has 2 fully saturated rings. The molecule has 7 rings (SSSR count). The monoisotopic (exact) mass is 810 g/mol.